The fourth-order valence-corrected chi connectivity index (χ4v) is 2.28. The molecule has 5 nitrogen and oxygen atoms in total. The number of aliphatic hydroxyl groups excluding tert-OH is 1. The number of aliphatic hydroxyl groups is 1. The van der Waals surface area contributed by atoms with Crippen molar-refractivity contribution in [1.82, 2.24) is 0 Å². The lowest BCUT2D eigenvalue weighted by molar-refractivity contribution is -0.119. The van der Waals surface area contributed by atoms with E-state index >= 15 is 0 Å². The van der Waals surface area contributed by atoms with Crippen LogP contribution in [-0.4, -0.2) is 17.5 Å². The molecule has 0 saturated heterocycles. The summed E-state index contributed by atoms with van der Waals surface area (Å²) in [6.45, 7) is 2.16. The molecule has 0 unspecified atom stereocenters. The summed E-state index contributed by atoms with van der Waals surface area (Å²) in [6, 6.07) is 14.7. The van der Waals surface area contributed by atoms with E-state index in [9.17, 15) is 14.3 Å². The standard InChI is InChI=1S/C21H20FNO4/c1-2-19(24)21(27-18-11-16(13-23)10-17(22)12-18)20(25)8-9-26-14-15-6-4-3-5-7-15/h3-7,10-12,24H,2,8-9,14H2,1H3. The largest absolute Gasteiger partial charge is 0.508 e. The Labute approximate surface area is 157 Å². The van der Waals surface area contributed by atoms with Gasteiger partial charge in [-0.05, 0) is 17.7 Å². The zero-order valence-electron chi connectivity index (χ0n) is 14.9. The number of hydrogen-bond donors (Lipinski definition) is 1. The summed E-state index contributed by atoms with van der Waals surface area (Å²) in [7, 11) is 0. The molecule has 140 valence electrons. The lowest BCUT2D eigenvalue weighted by atomic mass is 10.2. The van der Waals surface area contributed by atoms with Gasteiger partial charge in [-0.15, -0.1) is 0 Å². The second kappa shape index (κ2) is 10.1. The molecular weight excluding hydrogens is 349 g/mol. The molecule has 2 aromatic rings. The van der Waals surface area contributed by atoms with Gasteiger partial charge in [-0.25, -0.2) is 4.39 Å². The van der Waals surface area contributed by atoms with Gasteiger partial charge < -0.3 is 14.6 Å². The number of ether oxygens (including phenoxy) is 2. The molecular formula is C21H20FNO4. The Morgan fingerprint density at radius 1 is 1.22 bits per heavy atom. The van der Waals surface area contributed by atoms with Crippen LogP contribution in [0, 0.1) is 17.1 Å². The Balaban J connectivity index is 2.00. The molecule has 2 aromatic carbocycles. The van der Waals surface area contributed by atoms with Crippen LogP contribution in [0.1, 0.15) is 30.9 Å². The summed E-state index contributed by atoms with van der Waals surface area (Å²) in [5, 5.41) is 18.9. The maximum absolute atomic E-state index is 13.5. The van der Waals surface area contributed by atoms with Crippen LogP contribution in [0.15, 0.2) is 60.0 Å². The highest BCUT2D eigenvalue weighted by atomic mass is 19.1. The maximum Gasteiger partial charge on any atom is 0.207 e. The number of allylic oxidation sites excluding steroid dienone is 2. The zero-order valence-corrected chi connectivity index (χ0v) is 14.9. The minimum absolute atomic E-state index is 0.00729. The highest BCUT2D eigenvalue weighted by Crippen LogP contribution is 2.21. The number of rotatable bonds is 9. The predicted molar refractivity (Wildman–Crippen MR) is 97.4 cm³/mol. The molecule has 0 bridgehead atoms. The normalized spacial score (nSPS) is 11.4. The highest BCUT2D eigenvalue weighted by Gasteiger charge is 2.18. The molecule has 6 heteroatoms. The Hall–Kier alpha value is -3.17. The molecule has 0 radical (unpaired) electrons. The molecule has 27 heavy (non-hydrogen) atoms. The summed E-state index contributed by atoms with van der Waals surface area (Å²) in [4.78, 5) is 12.4. The van der Waals surface area contributed by atoms with E-state index in [1.165, 1.54) is 6.07 Å². The number of benzene rings is 2. The van der Waals surface area contributed by atoms with Crippen molar-refractivity contribution in [1.29, 1.82) is 5.26 Å². The maximum atomic E-state index is 13.5. The molecule has 0 aliphatic heterocycles. The van der Waals surface area contributed by atoms with Crippen LogP contribution in [0.5, 0.6) is 5.75 Å². The van der Waals surface area contributed by atoms with Crippen molar-refractivity contribution in [2.45, 2.75) is 26.4 Å². The Kier molecular flexibility index (Phi) is 7.53. The van der Waals surface area contributed by atoms with E-state index in [1.807, 2.05) is 36.4 Å². The number of nitrogens with zero attached hydrogens (tertiary/aromatic N) is 1. The monoisotopic (exact) mass is 369 g/mol. The van der Waals surface area contributed by atoms with Gasteiger partial charge >= 0.3 is 0 Å². The van der Waals surface area contributed by atoms with Gasteiger partial charge in [0.25, 0.3) is 0 Å². The molecule has 2 rings (SSSR count). The van der Waals surface area contributed by atoms with E-state index in [4.69, 9.17) is 14.7 Å². The number of nitriles is 1. The number of ketones is 1. The summed E-state index contributed by atoms with van der Waals surface area (Å²) in [5.74, 6) is -1.68. The molecule has 0 saturated carbocycles. The molecule has 0 fully saturated rings. The van der Waals surface area contributed by atoms with E-state index in [-0.39, 0.29) is 42.3 Å². The topological polar surface area (TPSA) is 79.5 Å². The fourth-order valence-electron chi connectivity index (χ4n) is 2.28. The first kappa shape index (κ1) is 20.1. The fraction of sp³-hybridized carbons (Fsp3) is 0.238. The van der Waals surface area contributed by atoms with Gasteiger partial charge in [-0.2, -0.15) is 5.26 Å². The van der Waals surface area contributed by atoms with Gasteiger partial charge in [-0.3, -0.25) is 4.79 Å². The van der Waals surface area contributed by atoms with Gasteiger partial charge in [0, 0.05) is 18.9 Å². The Morgan fingerprint density at radius 2 is 1.96 bits per heavy atom. The Morgan fingerprint density at radius 3 is 2.63 bits per heavy atom. The number of hydrogen-bond acceptors (Lipinski definition) is 5. The van der Waals surface area contributed by atoms with Gasteiger partial charge in [-0.1, -0.05) is 37.3 Å². The summed E-state index contributed by atoms with van der Waals surface area (Å²) < 4.78 is 24.4. The smallest absolute Gasteiger partial charge is 0.207 e. The molecule has 0 amide bonds. The number of Topliss-reactive ketones (excluding diaryl/α,β-unsaturated/α-hetero) is 1. The summed E-state index contributed by atoms with van der Waals surface area (Å²) >= 11 is 0. The van der Waals surface area contributed by atoms with Crippen molar-refractivity contribution < 1.29 is 23.8 Å². The second-order valence-electron chi connectivity index (χ2n) is 5.73. The molecule has 0 aliphatic carbocycles. The molecule has 1 N–H and O–H groups in total. The SMILES string of the molecule is CCC(O)=C(Oc1cc(F)cc(C#N)c1)C(=O)CCOCc1ccccc1. The lowest BCUT2D eigenvalue weighted by Crippen LogP contribution is -2.15. The molecule has 0 atom stereocenters. The number of halogens is 1. The quantitative estimate of drug-likeness (QED) is 0.402. The average molecular weight is 369 g/mol. The van der Waals surface area contributed by atoms with Crippen molar-refractivity contribution in [3.8, 4) is 11.8 Å². The first-order valence-electron chi connectivity index (χ1n) is 8.49. The third kappa shape index (κ3) is 6.24. The summed E-state index contributed by atoms with van der Waals surface area (Å²) in [5.41, 5.74) is 1.04. The summed E-state index contributed by atoms with van der Waals surface area (Å²) in [6.07, 6.45) is 0.166. The van der Waals surface area contributed by atoms with Gasteiger partial charge in [0.1, 0.15) is 17.3 Å². The van der Waals surface area contributed by atoms with Crippen LogP contribution in [0.25, 0.3) is 0 Å². The first-order chi connectivity index (χ1) is 13.0. The van der Waals surface area contributed by atoms with Crippen LogP contribution >= 0.6 is 0 Å². The zero-order chi connectivity index (χ0) is 19.6. The van der Waals surface area contributed by atoms with Crippen molar-refractivity contribution in [3.63, 3.8) is 0 Å². The van der Waals surface area contributed by atoms with E-state index in [0.717, 1.165) is 17.7 Å². The van der Waals surface area contributed by atoms with Crippen LogP contribution in [0.2, 0.25) is 0 Å². The van der Waals surface area contributed by atoms with Crippen LogP contribution in [-0.2, 0) is 16.1 Å². The van der Waals surface area contributed by atoms with Crippen molar-refractivity contribution in [2.24, 2.45) is 0 Å². The molecule has 0 spiro atoms. The third-order valence-electron chi connectivity index (χ3n) is 3.66. The van der Waals surface area contributed by atoms with Crippen LogP contribution in [0.4, 0.5) is 4.39 Å². The first-order valence-corrected chi connectivity index (χ1v) is 8.49. The predicted octanol–water partition coefficient (Wildman–Crippen LogP) is 4.43. The Bertz CT molecular complexity index is 856. The van der Waals surface area contributed by atoms with Gasteiger partial charge in [0.2, 0.25) is 11.5 Å². The second-order valence-corrected chi connectivity index (χ2v) is 5.73. The van der Waals surface area contributed by atoms with E-state index in [2.05, 4.69) is 0 Å². The molecule has 0 heterocycles. The average Bonchev–Trinajstić information content (AvgIpc) is 2.69. The third-order valence-corrected chi connectivity index (χ3v) is 3.66. The van der Waals surface area contributed by atoms with E-state index < -0.39 is 11.6 Å². The van der Waals surface area contributed by atoms with Crippen LogP contribution < -0.4 is 4.74 Å². The van der Waals surface area contributed by atoms with Gasteiger partial charge in [0.15, 0.2) is 0 Å². The van der Waals surface area contributed by atoms with Crippen molar-refractivity contribution in [3.05, 3.63) is 77.0 Å². The van der Waals surface area contributed by atoms with Crippen LogP contribution in [0.3, 0.4) is 0 Å². The van der Waals surface area contributed by atoms with Gasteiger partial charge in [0.05, 0.1) is 24.8 Å². The van der Waals surface area contributed by atoms with Crippen molar-refractivity contribution >= 4 is 5.78 Å². The number of carbonyl (C=O) groups is 1. The molecule has 0 aliphatic rings. The number of carbonyl (C=O) groups excluding carboxylic acids is 1. The lowest BCUT2D eigenvalue weighted by Gasteiger charge is -2.12. The van der Waals surface area contributed by atoms with Crippen molar-refractivity contribution in [2.75, 3.05) is 6.61 Å². The minimum atomic E-state index is -0.668. The van der Waals surface area contributed by atoms with E-state index in [1.54, 1.807) is 6.92 Å². The minimum Gasteiger partial charge on any atom is -0.508 e. The molecule has 0 aromatic heterocycles. The highest BCUT2D eigenvalue weighted by molar-refractivity contribution is 5.94. The van der Waals surface area contributed by atoms with E-state index in [0.29, 0.717) is 6.61 Å².